The first-order chi connectivity index (χ1) is 12.7. The van der Waals surface area contributed by atoms with Crippen LogP contribution in [0.25, 0.3) is 0 Å². The molecule has 3 rings (SSSR count). The number of nitrogens with one attached hydrogen (secondary N) is 1. The van der Waals surface area contributed by atoms with E-state index in [4.69, 9.17) is 4.74 Å². The zero-order valence-corrected chi connectivity index (χ0v) is 14.9. The van der Waals surface area contributed by atoms with Gasteiger partial charge in [0.15, 0.2) is 0 Å². The van der Waals surface area contributed by atoms with Gasteiger partial charge in [-0.05, 0) is 43.0 Å². The Hall–Kier alpha value is -2.73. The predicted octanol–water partition coefficient (Wildman–Crippen LogP) is 2.44. The molecule has 2 amide bonds. The number of anilines is 1. The van der Waals surface area contributed by atoms with Gasteiger partial charge in [0, 0.05) is 44.3 Å². The fourth-order valence-electron chi connectivity index (χ4n) is 3.09. The number of hydrogen-bond acceptors (Lipinski definition) is 4. The average molecular weight is 353 g/mol. The maximum absolute atomic E-state index is 13.0. The summed E-state index contributed by atoms with van der Waals surface area (Å²) in [4.78, 5) is 31.1. The fraction of sp³-hybridized carbons (Fsp3) is 0.350. The van der Waals surface area contributed by atoms with Gasteiger partial charge in [0.1, 0.15) is 5.69 Å². The Kier molecular flexibility index (Phi) is 5.96. The lowest BCUT2D eigenvalue weighted by atomic mass is 10.0. The number of hydrogen-bond donors (Lipinski definition) is 1. The standard InChI is InChI=1S/C20H23N3O3/c1-26-13-5-10-22-19(24)16-9-11-21-17(14-16)20(25)23-12-4-7-15-6-2-3-8-18(15)23/h2-3,6,8-9,11,14H,4-5,7,10,12-13H2,1H3,(H,22,24). The molecule has 0 saturated heterocycles. The van der Waals surface area contributed by atoms with Crippen LogP contribution in [0.3, 0.4) is 0 Å². The number of pyridine rings is 1. The van der Waals surface area contributed by atoms with Crippen LogP contribution in [0.5, 0.6) is 0 Å². The number of carbonyl (C=O) groups is 2. The van der Waals surface area contributed by atoms with E-state index in [9.17, 15) is 9.59 Å². The number of carbonyl (C=O) groups excluding carboxylic acids is 2. The molecule has 0 unspecified atom stereocenters. The van der Waals surface area contributed by atoms with E-state index in [1.54, 1.807) is 24.1 Å². The van der Waals surface area contributed by atoms with Crippen LogP contribution in [-0.4, -0.2) is 43.6 Å². The third kappa shape index (κ3) is 4.08. The van der Waals surface area contributed by atoms with Crippen LogP contribution in [-0.2, 0) is 11.2 Å². The van der Waals surface area contributed by atoms with Crippen LogP contribution in [0.15, 0.2) is 42.6 Å². The summed E-state index contributed by atoms with van der Waals surface area (Å²) in [5.41, 5.74) is 2.82. The van der Waals surface area contributed by atoms with Crippen molar-refractivity contribution in [1.82, 2.24) is 10.3 Å². The Morgan fingerprint density at radius 3 is 2.96 bits per heavy atom. The van der Waals surface area contributed by atoms with E-state index in [0.29, 0.717) is 25.3 Å². The summed E-state index contributed by atoms with van der Waals surface area (Å²) < 4.78 is 4.96. The van der Waals surface area contributed by atoms with E-state index in [1.165, 1.54) is 11.8 Å². The summed E-state index contributed by atoms with van der Waals surface area (Å²) in [5.74, 6) is -0.386. The number of ether oxygens (including phenoxy) is 1. The maximum atomic E-state index is 13.0. The van der Waals surface area contributed by atoms with Gasteiger partial charge in [-0.2, -0.15) is 0 Å². The van der Waals surface area contributed by atoms with Gasteiger partial charge < -0.3 is 15.0 Å². The van der Waals surface area contributed by atoms with Crippen molar-refractivity contribution in [2.24, 2.45) is 0 Å². The van der Waals surface area contributed by atoms with Crippen molar-refractivity contribution in [3.63, 3.8) is 0 Å². The second-order valence-corrected chi connectivity index (χ2v) is 6.22. The minimum atomic E-state index is -0.211. The molecule has 2 aromatic rings. The van der Waals surface area contributed by atoms with E-state index < -0.39 is 0 Å². The Morgan fingerprint density at radius 2 is 2.12 bits per heavy atom. The normalized spacial score (nSPS) is 13.2. The summed E-state index contributed by atoms with van der Waals surface area (Å²) >= 11 is 0. The minimum Gasteiger partial charge on any atom is -0.385 e. The lowest BCUT2D eigenvalue weighted by molar-refractivity contribution is 0.0948. The van der Waals surface area contributed by atoms with Crippen molar-refractivity contribution in [2.75, 3.05) is 31.7 Å². The minimum absolute atomic E-state index is 0.175. The second kappa shape index (κ2) is 8.58. The average Bonchev–Trinajstić information content (AvgIpc) is 2.70. The monoisotopic (exact) mass is 353 g/mol. The van der Waals surface area contributed by atoms with Crippen molar-refractivity contribution in [2.45, 2.75) is 19.3 Å². The zero-order chi connectivity index (χ0) is 18.4. The number of nitrogens with zero attached hydrogens (tertiary/aromatic N) is 2. The quantitative estimate of drug-likeness (QED) is 0.810. The van der Waals surface area contributed by atoms with Crippen LogP contribution < -0.4 is 10.2 Å². The molecule has 26 heavy (non-hydrogen) atoms. The summed E-state index contributed by atoms with van der Waals surface area (Å²) in [6, 6.07) is 11.1. The molecular formula is C20H23N3O3. The van der Waals surface area contributed by atoms with E-state index in [1.807, 2.05) is 24.3 Å². The van der Waals surface area contributed by atoms with Gasteiger partial charge in [-0.1, -0.05) is 18.2 Å². The third-order valence-electron chi connectivity index (χ3n) is 4.41. The molecule has 136 valence electrons. The molecule has 0 radical (unpaired) electrons. The fourth-order valence-corrected chi connectivity index (χ4v) is 3.09. The molecule has 0 fully saturated rings. The van der Waals surface area contributed by atoms with Crippen molar-refractivity contribution in [3.05, 3.63) is 59.4 Å². The van der Waals surface area contributed by atoms with E-state index in [0.717, 1.165) is 24.9 Å². The number of methoxy groups -OCH3 is 1. The third-order valence-corrected chi connectivity index (χ3v) is 4.41. The number of amides is 2. The van der Waals surface area contributed by atoms with Crippen molar-refractivity contribution in [1.29, 1.82) is 0 Å². The number of rotatable bonds is 6. The lowest BCUT2D eigenvalue weighted by Gasteiger charge is -2.29. The van der Waals surface area contributed by atoms with Crippen molar-refractivity contribution >= 4 is 17.5 Å². The van der Waals surface area contributed by atoms with Gasteiger partial charge in [0.2, 0.25) is 0 Å². The van der Waals surface area contributed by atoms with Gasteiger partial charge in [0.05, 0.1) is 0 Å². The van der Waals surface area contributed by atoms with E-state index in [-0.39, 0.29) is 17.5 Å². The first-order valence-corrected chi connectivity index (χ1v) is 8.83. The predicted molar refractivity (Wildman–Crippen MR) is 99.5 cm³/mol. The number of aryl methyl sites for hydroxylation is 1. The summed E-state index contributed by atoms with van der Waals surface area (Å²) in [6.45, 7) is 1.78. The molecule has 0 saturated carbocycles. The molecule has 0 aliphatic carbocycles. The van der Waals surface area contributed by atoms with Crippen LogP contribution in [0.2, 0.25) is 0 Å². The van der Waals surface area contributed by atoms with Gasteiger partial charge >= 0.3 is 0 Å². The Labute approximate surface area is 153 Å². The van der Waals surface area contributed by atoms with E-state index in [2.05, 4.69) is 10.3 Å². The van der Waals surface area contributed by atoms with Crippen molar-refractivity contribution in [3.8, 4) is 0 Å². The summed E-state index contributed by atoms with van der Waals surface area (Å²) in [7, 11) is 1.63. The highest BCUT2D eigenvalue weighted by molar-refractivity contribution is 6.06. The molecule has 6 heteroatoms. The molecule has 1 aliphatic heterocycles. The highest BCUT2D eigenvalue weighted by Gasteiger charge is 2.24. The first-order valence-electron chi connectivity index (χ1n) is 8.83. The van der Waals surface area contributed by atoms with Gasteiger partial charge in [0.25, 0.3) is 11.8 Å². The largest absolute Gasteiger partial charge is 0.385 e. The molecule has 1 aliphatic rings. The molecule has 1 N–H and O–H groups in total. The highest BCUT2D eigenvalue weighted by Crippen LogP contribution is 2.27. The molecule has 6 nitrogen and oxygen atoms in total. The zero-order valence-electron chi connectivity index (χ0n) is 14.9. The van der Waals surface area contributed by atoms with Crippen molar-refractivity contribution < 1.29 is 14.3 Å². The number of benzene rings is 1. The second-order valence-electron chi connectivity index (χ2n) is 6.22. The summed E-state index contributed by atoms with van der Waals surface area (Å²) in [6.07, 6.45) is 4.14. The molecule has 0 atom stereocenters. The smallest absolute Gasteiger partial charge is 0.276 e. The summed E-state index contributed by atoms with van der Waals surface area (Å²) in [5, 5.41) is 2.82. The molecule has 1 aromatic carbocycles. The first kappa shape index (κ1) is 18.1. The van der Waals surface area contributed by atoms with E-state index >= 15 is 0 Å². The molecule has 0 spiro atoms. The maximum Gasteiger partial charge on any atom is 0.276 e. The van der Waals surface area contributed by atoms with Crippen LogP contribution in [0.1, 0.15) is 39.3 Å². The van der Waals surface area contributed by atoms with Gasteiger partial charge in [-0.15, -0.1) is 0 Å². The number of aromatic nitrogens is 1. The highest BCUT2D eigenvalue weighted by atomic mass is 16.5. The molecule has 0 bridgehead atoms. The van der Waals surface area contributed by atoms with Gasteiger partial charge in [-0.3, -0.25) is 14.6 Å². The van der Waals surface area contributed by atoms with Gasteiger partial charge in [-0.25, -0.2) is 0 Å². The van der Waals surface area contributed by atoms with Crippen LogP contribution >= 0.6 is 0 Å². The topological polar surface area (TPSA) is 71.5 Å². The Balaban J connectivity index is 1.74. The SMILES string of the molecule is COCCCNC(=O)c1ccnc(C(=O)N2CCCc3ccccc32)c1. The Morgan fingerprint density at radius 1 is 1.27 bits per heavy atom. The van der Waals surface area contributed by atoms with Crippen LogP contribution in [0.4, 0.5) is 5.69 Å². The number of para-hydroxylation sites is 1. The lowest BCUT2D eigenvalue weighted by Crippen LogP contribution is -2.36. The molecular weight excluding hydrogens is 330 g/mol. The molecule has 2 heterocycles. The molecule has 1 aromatic heterocycles. The number of fused-ring (bicyclic) bond motifs is 1. The van der Waals surface area contributed by atoms with Crippen LogP contribution in [0, 0.1) is 0 Å². The Bertz CT molecular complexity index is 791.